The normalized spacial score (nSPS) is 12.7. The summed E-state index contributed by atoms with van der Waals surface area (Å²) in [4.78, 5) is 10.3. The van der Waals surface area contributed by atoms with Crippen molar-refractivity contribution in [2.75, 3.05) is 0 Å². The lowest BCUT2D eigenvalue weighted by atomic mass is 10.1. The Morgan fingerprint density at radius 3 is 2.22 bits per heavy atom. The van der Waals surface area contributed by atoms with Gasteiger partial charge >= 0.3 is 5.97 Å². The van der Waals surface area contributed by atoms with E-state index in [0.29, 0.717) is 12.3 Å². The molecular weight excluding hydrogens is 224 g/mol. The van der Waals surface area contributed by atoms with Crippen LogP contribution in [-0.2, 0) is 4.79 Å². The first kappa shape index (κ1) is 16.9. The van der Waals surface area contributed by atoms with Gasteiger partial charge in [-0.25, -0.2) is 0 Å². The Bertz CT molecular complexity index is 243. The highest BCUT2D eigenvalue weighted by molar-refractivity contribution is 5.66. The molecule has 0 aromatic rings. The number of allylic oxidation sites excluding steroid dienone is 3. The Hall–Kier alpha value is -1.05. The van der Waals surface area contributed by atoms with Crippen molar-refractivity contribution in [2.45, 2.75) is 64.7 Å². The standard InChI is InChI=1S/C16H28O2/c1-3-15(2)13-11-9-7-5-4-6-8-10-12-14-16(17)18/h3,11,13,15H,1,4-10,12,14H2,2H3,(H,17,18). The Labute approximate surface area is 112 Å². The second-order valence-electron chi connectivity index (χ2n) is 4.93. The quantitative estimate of drug-likeness (QED) is 0.394. The number of hydrogen-bond donors (Lipinski definition) is 1. The molecule has 0 radical (unpaired) electrons. The van der Waals surface area contributed by atoms with Crippen LogP contribution in [0.1, 0.15) is 64.7 Å². The van der Waals surface area contributed by atoms with Gasteiger partial charge in [-0.2, -0.15) is 0 Å². The highest BCUT2D eigenvalue weighted by atomic mass is 16.4. The van der Waals surface area contributed by atoms with E-state index in [2.05, 4.69) is 25.7 Å². The van der Waals surface area contributed by atoms with Gasteiger partial charge in [0.2, 0.25) is 0 Å². The Morgan fingerprint density at radius 1 is 1.11 bits per heavy atom. The molecule has 0 saturated heterocycles. The maximum Gasteiger partial charge on any atom is 0.303 e. The maximum absolute atomic E-state index is 10.3. The van der Waals surface area contributed by atoms with Crippen LogP contribution in [-0.4, -0.2) is 11.1 Å². The van der Waals surface area contributed by atoms with E-state index in [1.54, 1.807) is 0 Å². The van der Waals surface area contributed by atoms with Gasteiger partial charge in [0.05, 0.1) is 0 Å². The van der Waals surface area contributed by atoms with Crippen molar-refractivity contribution in [3.8, 4) is 0 Å². The van der Waals surface area contributed by atoms with Crippen molar-refractivity contribution in [1.82, 2.24) is 0 Å². The van der Waals surface area contributed by atoms with E-state index in [-0.39, 0.29) is 0 Å². The smallest absolute Gasteiger partial charge is 0.303 e. The molecule has 0 fully saturated rings. The van der Waals surface area contributed by atoms with Crippen LogP contribution in [0.4, 0.5) is 0 Å². The van der Waals surface area contributed by atoms with Gasteiger partial charge in [0.25, 0.3) is 0 Å². The van der Waals surface area contributed by atoms with Crippen LogP contribution in [0.3, 0.4) is 0 Å². The van der Waals surface area contributed by atoms with Crippen LogP contribution in [0.15, 0.2) is 24.8 Å². The summed E-state index contributed by atoms with van der Waals surface area (Å²) in [5.41, 5.74) is 0. The molecule has 1 atom stereocenters. The fourth-order valence-corrected chi connectivity index (χ4v) is 1.81. The Morgan fingerprint density at radius 2 is 1.67 bits per heavy atom. The summed E-state index contributed by atoms with van der Waals surface area (Å²) >= 11 is 0. The number of hydrogen-bond acceptors (Lipinski definition) is 1. The Kier molecular flexibility index (Phi) is 11.7. The van der Waals surface area contributed by atoms with Crippen LogP contribution in [0, 0.1) is 5.92 Å². The molecule has 0 amide bonds. The molecule has 104 valence electrons. The average Bonchev–Trinajstić information content (AvgIpc) is 2.35. The molecule has 0 aliphatic heterocycles. The van der Waals surface area contributed by atoms with Gasteiger partial charge in [0.15, 0.2) is 0 Å². The lowest BCUT2D eigenvalue weighted by molar-refractivity contribution is -0.137. The van der Waals surface area contributed by atoms with Gasteiger partial charge in [-0.15, -0.1) is 6.58 Å². The minimum absolute atomic E-state index is 0.326. The largest absolute Gasteiger partial charge is 0.481 e. The van der Waals surface area contributed by atoms with Crippen molar-refractivity contribution in [3.05, 3.63) is 24.8 Å². The summed E-state index contributed by atoms with van der Waals surface area (Å²) in [6.45, 7) is 5.89. The van der Waals surface area contributed by atoms with Crippen LogP contribution < -0.4 is 0 Å². The number of aliphatic carboxylic acids is 1. The third-order valence-electron chi connectivity index (χ3n) is 3.07. The van der Waals surface area contributed by atoms with Crippen molar-refractivity contribution in [3.63, 3.8) is 0 Å². The van der Waals surface area contributed by atoms with Gasteiger partial charge in [0, 0.05) is 6.42 Å². The second kappa shape index (κ2) is 12.4. The van der Waals surface area contributed by atoms with Crippen LogP contribution in [0.5, 0.6) is 0 Å². The number of rotatable bonds is 12. The van der Waals surface area contributed by atoms with Gasteiger partial charge in [-0.3, -0.25) is 4.79 Å². The third kappa shape index (κ3) is 13.0. The molecule has 0 aromatic heterocycles. The summed E-state index contributed by atoms with van der Waals surface area (Å²) in [6.07, 6.45) is 16.0. The first-order valence-electron chi connectivity index (χ1n) is 7.18. The molecule has 0 spiro atoms. The molecule has 1 unspecified atom stereocenters. The molecule has 0 heterocycles. The predicted molar refractivity (Wildman–Crippen MR) is 77.7 cm³/mol. The molecule has 2 nitrogen and oxygen atoms in total. The fraction of sp³-hybridized carbons (Fsp3) is 0.688. The Balaban J connectivity index is 3.14. The van der Waals surface area contributed by atoms with Crippen molar-refractivity contribution >= 4 is 5.97 Å². The zero-order valence-corrected chi connectivity index (χ0v) is 11.7. The molecule has 0 aromatic carbocycles. The van der Waals surface area contributed by atoms with E-state index < -0.39 is 5.97 Å². The molecule has 18 heavy (non-hydrogen) atoms. The predicted octanol–water partition coefficient (Wildman–Crippen LogP) is 4.96. The molecule has 0 bridgehead atoms. The molecule has 0 saturated carbocycles. The molecule has 1 N–H and O–H groups in total. The first-order valence-corrected chi connectivity index (χ1v) is 7.18. The second-order valence-corrected chi connectivity index (χ2v) is 4.93. The first-order chi connectivity index (χ1) is 8.66. The monoisotopic (exact) mass is 252 g/mol. The fourth-order valence-electron chi connectivity index (χ4n) is 1.81. The minimum Gasteiger partial charge on any atom is -0.481 e. The van der Waals surface area contributed by atoms with Crippen LogP contribution in [0.25, 0.3) is 0 Å². The lowest BCUT2D eigenvalue weighted by Gasteiger charge is -2.00. The number of unbranched alkanes of at least 4 members (excludes halogenated alkanes) is 7. The number of carboxylic acids is 1. The molecular formula is C16H28O2. The minimum atomic E-state index is -0.671. The molecule has 0 aliphatic rings. The zero-order chi connectivity index (χ0) is 13.6. The van der Waals surface area contributed by atoms with E-state index in [1.807, 2.05) is 6.08 Å². The van der Waals surface area contributed by atoms with Gasteiger partial charge in [-0.05, 0) is 25.2 Å². The van der Waals surface area contributed by atoms with Crippen molar-refractivity contribution in [1.29, 1.82) is 0 Å². The van der Waals surface area contributed by atoms with Gasteiger partial charge in [0.1, 0.15) is 0 Å². The summed E-state index contributed by atoms with van der Waals surface area (Å²) < 4.78 is 0. The van der Waals surface area contributed by atoms with E-state index >= 15 is 0 Å². The molecule has 0 rings (SSSR count). The van der Waals surface area contributed by atoms with E-state index in [1.165, 1.54) is 32.1 Å². The highest BCUT2D eigenvalue weighted by Gasteiger charge is 1.96. The SMILES string of the molecule is C=CC(C)C=CCCCCCCCCCC(=O)O. The summed E-state index contributed by atoms with van der Waals surface area (Å²) in [7, 11) is 0. The number of carbonyl (C=O) groups is 1. The summed E-state index contributed by atoms with van der Waals surface area (Å²) in [5.74, 6) is -0.185. The zero-order valence-electron chi connectivity index (χ0n) is 11.7. The van der Waals surface area contributed by atoms with Crippen LogP contribution >= 0.6 is 0 Å². The van der Waals surface area contributed by atoms with Gasteiger partial charge < -0.3 is 5.11 Å². The van der Waals surface area contributed by atoms with E-state index in [4.69, 9.17) is 5.11 Å². The van der Waals surface area contributed by atoms with E-state index in [9.17, 15) is 4.79 Å². The summed E-state index contributed by atoms with van der Waals surface area (Å²) in [6, 6.07) is 0. The van der Waals surface area contributed by atoms with Crippen molar-refractivity contribution < 1.29 is 9.90 Å². The third-order valence-corrected chi connectivity index (χ3v) is 3.07. The van der Waals surface area contributed by atoms with Crippen LogP contribution in [0.2, 0.25) is 0 Å². The van der Waals surface area contributed by atoms with E-state index in [0.717, 1.165) is 19.3 Å². The maximum atomic E-state index is 10.3. The molecule has 0 aliphatic carbocycles. The summed E-state index contributed by atoms with van der Waals surface area (Å²) in [5, 5.41) is 8.48. The molecule has 2 heteroatoms. The van der Waals surface area contributed by atoms with Crippen molar-refractivity contribution in [2.24, 2.45) is 5.92 Å². The number of carboxylic acid groups (broad SMARTS) is 1. The topological polar surface area (TPSA) is 37.3 Å². The van der Waals surface area contributed by atoms with Gasteiger partial charge in [-0.1, -0.05) is 57.3 Å². The average molecular weight is 252 g/mol. The highest BCUT2D eigenvalue weighted by Crippen LogP contribution is 2.10. The lowest BCUT2D eigenvalue weighted by Crippen LogP contribution is -1.93.